The maximum Gasteiger partial charge on any atom is 0.258 e. The number of amides is 1. The average Bonchev–Trinajstić information content (AvgIpc) is 2.86. The SMILES string of the molecule is CCc1ccc(C(=O)Nc2nnnn2C)c(C)c1SOC. The van der Waals surface area contributed by atoms with E-state index in [4.69, 9.17) is 4.18 Å². The van der Waals surface area contributed by atoms with E-state index in [1.165, 1.54) is 16.7 Å². The summed E-state index contributed by atoms with van der Waals surface area (Å²) in [5, 5.41) is 13.6. The van der Waals surface area contributed by atoms with Crippen LogP contribution in [0.3, 0.4) is 0 Å². The summed E-state index contributed by atoms with van der Waals surface area (Å²) in [7, 11) is 3.27. The molecule has 2 rings (SSSR count). The highest BCUT2D eigenvalue weighted by molar-refractivity contribution is 7.94. The lowest BCUT2D eigenvalue weighted by Crippen LogP contribution is -2.17. The van der Waals surface area contributed by atoms with Gasteiger partial charge in [0.1, 0.15) is 0 Å². The Balaban J connectivity index is 2.33. The number of hydrogen-bond acceptors (Lipinski definition) is 6. The molecule has 0 unspecified atom stereocenters. The van der Waals surface area contributed by atoms with Crippen LogP contribution in [0.25, 0.3) is 0 Å². The van der Waals surface area contributed by atoms with Crippen LogP contribution < -0.4 is 5.32 Å². The van der Waals surface area contributed by atoms with Gasteiger partial charge in [0.2, 0.25) is 5.95 Å². The second-order valence-electron chi connectivity index (χ2n) is 4.41. The molecule has 1 amide bonds. The summed E-state index contributed by atoms with van der Waals surface area (Å²) in [4.78, 5) is 13.3. The molecule has 0 aliphatic rings. The Morgan fingerprint density at radius 1 is 1.48 bits per heavy atom. The molecule has 1 heterocycles. The molecular formula is C13H17N5O2S. The number of anilines is 1. The van der Waals surface area contributed by atoms with Crippen LogP contribution in [-0.2, 0) is 17.7 Å². The topological polar surface area (TPSA) is 81.9 Å². The highest BCUT2D eigenvalue weighted by Gasteiger charge is 2.17. The van der Waals surface area contributed by atoms with E-state index >= 15 is 0 Å². The molecule has 1 aromatic carbocycles. The van der Waals surface area contributed by atoms with E-state index in [-0.39, 0.29) is 5.91 Å². The first-order valence-corrected chi connectivity index (χ1v) is 7.19. The molecule has 0 atom stereocenters. The van der Waals surface area contributed by atoms with Crippen molar-refractivity contribution < 1.29 is 8.98 Å². The van der Waals surface area contributed by atoms with Crippen LogP contribution in [0.4, 0.5) is 5.95 Å². The smallest absolute Gasteiger partial charge is 0.258 e. The van der Waals surface area contributed by atoms with E-state index in [2.05, 4.69) is 27.8 Å². The molecule has 0 fully saturated rings. The second kappa shape index (κ2) is 6.68. The Hall–Kier alpha value is -1.93. The van der Waals surface area contributed by atoms with E-state index in [0.29, 0.717) is 11.5 Å². The molecule has 0 bridgehead atoms. The zero-order valence-corrected chi connectivity index (χ0v) is 13.2. The van der Waals surface area contributed by atoms with Crippen molar-refractivity contribution in [3.63, 3.8) is 0 Å². The average molecular weight is 307 g/mol. The predicted octanol–water partition coefficient (Wildman–Crippen LogP) is 1.99. The van der Waals surface area contributed by atoms with E-state index in [9.17, 15) is 4.79 Å². The van der Waals surface area contributed by atoms with Crippen molar-refractivity contribution in [2.24, 2.45) is 7.05 Å². The molecule has 8 heteroatoms. The van der Waals surface area contributed by atoms with Crippen molar-refractivity contribution in [2.45, 2.75) is 25.2 Å². The van der Waals surface area contributed by atoms with Crippen LogP contribution in [0.2, 0.25) is 0 Å². The first-order valence-electron chi connectivity index (χ1n) is 6.45. The summed E-state index contributed by atoms with van der Waals surface area (Å²) in [6.45, 7) is 3.98. The summed E-state index contributed by atoms with van der Waals surface area (Å²) in [5.41, 5.74) is 2.61. The Kier molecular flexibility index (Phi) is 4.92. The van der Waals surface area contributed by atoms with E-state index in [0.717, 1.165) is 22.4 Å². The third-order valence-corrected chi connectivity index (χ3v) is 4.03. The van der Waals surface area contributed by atoms with Crippen molar-refractivity contribution in [3.05, 3.63) is 28.8 Å². The summed E-state index contributed by atoms with van der Waals surface area (Å²) in [6.07, 6.45) is 0.877. The number of nitrogens with zero attached hydrogens (tertiary/aromatic N) is 4. The number of aryl methyl sites for hydroxylation is 2. The van der Waals surface area contributed by atoms with Crippen LogP contribution in [0.1, 0.15) is 28.4 Å². The van der Waals surface area contributed by atoms with Gasteiger partial charge in [0, 0.05) is 29.5 Å². The molecule has 0 aliphatic carbocycles. The van der Waals surface area contributed by atoms with Gasteiger partial charge in [-0.3, -0.25) is 10.1 Å². The van der Waals surface area contributed by atoms with Crippen LogP contribution in [0, 0.1) is 6.92 Å². The van der Waals surface area contributed by atoms with Gasteiger partial charge in [-0.05, 0) is 41.0 Å². The monoisotopic (exact) mass is 307 g/mol. The number of benzene rings is 1. The van der Waals surface area contributed by atoms with Gasteiger partial charge in [-0.1, -0.05) is 18.1 Å². The molecule has 21 heavy (non-hydrogen) atoms. The Morgan fingerprint density at radius 2 is 2.24 bits per heavy atom. The van der Waals surface area contributed by atoms with E-state index in [1.807, 2.05) is 19.1 Å². The summed E-state index contributed by atoms with van der Waals surface area (Å²) in [6, 6.07) is 3.76. The maximum atomic E-state index is 12.4. The van der Waals surface area contributed by atoms with Crippen LogP contribution in [0.15, 0.2) is 17.0 Å². The lowest BCUT2D eigenvalue weighted by atomic mass is 10.0. The van der Waals surface area contributed by atoms with Crippen molar-refractivity contribution in [2.75, 3.05) is 12.4 Å². The van der Waals surface area contributed by atoms with Gasteiger partial charge in [-0.2, -0.15) is 0 Å². The zero-order chi connectivity index (χ0) is 15.4. The first-order chi connectivity index (χ1) is 10.1. The van der Waals surface area contributed by atoms with Crippen LogP contribution >= 0.6 is 12.0 Å². The highest BCUT2D eigenvalue weighted by Crippen LogP contribution is 2.30. The van der Waals surface area contributed by atoms with Gasteiger partial charge in [0.15, 0.2) is 0 Å². The number of aromatic nitrogens is 4. The molecule has 7 nitrogen and oxygen atoms in total. The third-order valence-electron chi connectivity index (χ3n) is 3.13. The number of rotatable bonds is 5. The Labute approximate surface area is 127 Å². The Morgan fingerprint density at radius 3 is 2.81 bits per heavy atom. The van der Waals surface area contributed by atoms with Gasteiger partial charge < -0.3 is 4.18 Å². The number of tetrazole rings is 1. The largest absolute Gasteiger partial charge is 0.314 e. The van der Waals surface area contributed by atoms with Crippen LogP contribution in [0.5, 0.6) is 0 Å². The summed E-state index contributed by atoms with van der Waals surface area (Å²) in [5.74, 6) is 0.0610. The van der Waals surface area contributed by atoms with Crippen LogP contribution in [-0.4, -0.2) is 33.2 Å². The normalized spacial score (nSPS) is 10.7. The van der Waals surface area contributed by atoms with Crippen molar-refractivity contribution >= 4 is 23.9 Å². The summed E-state index contributed by atoms with van der Waals surface area (Å²) >= 11 is 1.27. The minimum atomic E-state index is -0.244. The number of nitrogens with one attached hydrogen (secondary N) is 1. The van der Waals surface area contributed by atoms with E-state index < -0.39 is 0 Å². The van der Waals surface area contributed by atoms with Gasteiger partial charge >= 0.3 is 0 Å². The van der Waals surface area contributed by atoms with E-state index in [1.54, 1.807) is 14.2 Å². The van der Waals surface area contributed by atoms with Gasteiger partial charge in [-0.15, -0.1) is 0 Å². The quantitative estimate of drug-likeness (QED) is 0.851. The minimum Gasteiger partial charge on any atom is -0.314 e. The predicted molar refractivity (Wildman–Crippen MR) is 80.2 cm³/mol. The molecule has 0 radical (unpaired) electrons. The molecule has 0 saturated heterocycles. The number of carbonyl (C=O) groups excluding carboxylic acids is 1. The molecule has 0 aliphatic heterocycles. The fraction of sp³-hybridized carbons (Fsp3) is 0.385. The standard InChI is InChI=1S/C13H17N5O2S/c1-5-9-6-7-10(8(2)11(9)21-20-4)12(19)14-13-15-16-17-18(13)3/h6-7H,5H2,1-4H3,(H,14,15,17,19). The molecular weight excluding hydrogens is 290 g/mol. The fourth-order valence-corrected chi connectivity index (χ4v) is 2.70. The van der Waals surface area contributed by atoms with Gasteiger partial charge in [-0.25, -0.2) is 4.68 Å². The number of hydrogen-bond donors (Lipinski definition) is 1. The first kappa shape index (κ1) is 15.5. The van der Waals surface area contributed by atoms with Gasteiger partial charge in [0.05, 0.1) is 7.11 Å². The highest BCUT2D eigenvalue weighted by atomic mass is 32.2. The molecule has 1 aromatic heterocycles. The fourth-order valence-electron chi connectivity index (χ4n) is 1.98. The summed E-state index contributed by atoms with van der Waals surface area (Å²) < 4.78 is 6.56. The second-order valence-corrected chi connectivity index (χ2v) is 5.32. The number of carbonyl (C=O) groups is 1. The van der Waals surface area contributed by atoms with Crippen molar-refractivity contribution in [1.82, 2.24) is 20.2 Å². The third kappa shape index (κ3) is 3.22. The van der Waals surface area contributed by atoms with Crippen molar-refractivity contribution in [3.8, 4) is 0 Å². The molecule has 2 aromatic rings. The lowest BCUT2D eigenvalue weighted by molar-refractivity contribution is 0.102. The zero-order valence-electron chi connectivity index (χ0n) is 12.4. The molecule has 0 saturated carbocycles. The Bertz CT molecular complexity index is 656. The maximum absolute atomic E-state index is 12.4. The molecule has 1 N–H and O–H groups in total. The lowest BCUT2D eigenvalue weighted by Gasteiger charge is -2.13. The van der Waals surface area contributed by atoms with Crippen molar-refractivity contribution in [1.29, 1.82) is 0 Å². The van der Waals surface area contributed by atoms with Gasteiger partial charge in [0.25, 0.3) is 5.91 Å². The minimum absolute atomic E-state index is 0.244. The molecule has 0 spiro atoms. The molecule has 112 valence electrons.